The fourth-order valence-electron chi connectivity index (χ4n) is 1.69. The van der Waals surface area contributed by atoms with Gasteiger partial charge in [0.2, 0.25) is 0 Å². The Labute approximate surface area is 115 Å². The van der Waals surface area contributed by atoms with Crippen molar-refractivity contribution < 1.29 is 4.39 Å². The van der Waals surface area contributed by atoms with E-state index in [1.807, 2.05) is 6.07 Å². The second-order valence-electron chi connectivity index (χ2n) is 3.97. The molecule has 0 aliphatic heterocycles. The van der Waals surface area contributed by atoms with Crippen molar-refractivity contribution >= 4 is 23.8 Å². The highest BCUT2D eigenvalue weighted by Crippen LogP contribution is 2.22. The quantitative estimate of drug-likeness (QED) is 0.837. The second kappa shape index (κ2) is 5.59. The molecule has 2 nitrogen and oxygen atoms in total. The Bertz CT molecular complexity index is 625. The van der Waals surface area contributed by atoms with Gasteiger partial charge in [-0.1, -0.05) is 37.2 Å². The molecule has 5 heteroatoms. The Balaban J connectivity index is 2.49. The minimum Gasteiger partial charge on any atom is -0.343 e. The number of benzene rings is 1. The standard InChI is InChI=1S/C13H12ClFN2S/c1-2-3-9-7-12(18)17-13(16-9)8-4-5-11(15)10(14)6-8/h4-7H,2-3H2,1H3,(H,16,17,18). The highest BCUT2D eigenvalue weighted by atomic mass is 35.5. The summed E-state index contributed by atoms with van der Waals surface area (Å²) >= 11 is 10.9. The molecule has 0 unspecified atom stereocenters. The lowest BCUT2D eigenvalue weighted by molar-refractivity contribution is 0.628. The molecule has 0 saturated carbocycles. The van der Waals surface area contributed by atoms with E-state index >= 15 is 0 Å². The Hall–Kier alpha value is -1.26. The average molecular weight is 283 g/mol. The van der Waals surface area contributed by atoms with Gasteiger partial charge in [-0.25, -0.2) is 9.37 Å². The normalized spacial score (nSPS) is 10.6. The maximum absolute atomic E-state index is 13.1. The van der Waals surface area contributed by atoms with Gasteiger partial charge >= 0.3 is 0 Å². The Kier molecular flexibility index (Phi) is 4.09. The number of nitrogens with zero attached hydrogens (tertiary/aromatic N) is 1. The van der Waals surface area contributed by atoms with Crippen LogP contribution in [0.1, 0.15) is 19.0 Å². The first-order valence-corrected chi connectivity index (χ1v) is 6.44. The van der Waals surface area contributed by atoms with Crippen molar-refractivity contribution in [2.75, 3.05) is 0 Å². The summed E-state index contributed by atoms with van der Waals surface area (Å²) in [4.78, 5) is 7.43. The topological polar surface area (TPSA) is 28.7 Å². The van der Waals surface area contributed by atoms with Gasteiger partial charge in [0.15, 0.2) is 0 Å². The summed E-state index contributed by atoms with van der Waals surface area (Å²) in [5.74, 6) is 0.177. The highest BCUT2D eigenvalue weighted by Gasteiger charge is 2.06. The van der Waals surface area contributed by atoms with Crippen LogP contribution in [-0.2, 0) is 6.42 Å². The molecule has 1 heterocycles. The molecule has 0 spiro atoms. The molecular formula is C13H12ClFN2S. The van der Waals surface area contributed by atoms with E-state index in [1.165, 1.54) is 6.07 Å². The van der Waals surface area contributed by atoms with Crippen molar-refractivity contribution in [3.63, 3.8) is 0 Å². The molecule has 0 radical (unpaired) electrons. The lowest BCUT2D eigenvalue weighted by atomic mass is 10.2. The average Bonchev–Trinajstić information content (AvgIpc) is 2.32. The van der Waals surface area contributed by atoms with Gasteiger partial charge in [-0.15, -0.1) is 0 Å². The minimum atomic E-state index is -0.441. The Morgan fingerprint density at radius 1 is 1.39 bits per heavy atom. The lowest BCUT2D eigenvalue weighted by Crippen LogP contribution is -1.96. The van der Waals surface area contributed by atoms with Crippen LogP contribution in [0.25, 0.3) is 11.4 Å². The summed E-state index contributed by atoms with van der Waals surface area (Å²) in [5, 5.41) is 0.0783. The van der Waals surface area contributed by atoms with Crippen LogP contribution in [0, 0.1) is 10.5 Å². The van der Waals surface area contributed by atoms with Crippen LogP contribution >= 0.6 is 23.8 Å². The monoisotopic (exact) mass is 282 g/mol. The van der Waals surface area contributed by atoms with Gasteiger partial charge < -0.3 is 4.98 Å². The summed E-state index contributed by atoms with van der Waals surface area (Å²) in [5.41, 5.74) is 1.75. The van der Waals surface area contributed by atoms with Crippen molar-refractivity contribution in [3.05, 3.63) is 45.4 Å². The number of aryl methyl sites for hydroxylation is 1. The molecule has 0 atom stereocenters. The number of hydrogen-bond acceptors (Lipinski definition) is 2. The Morgan fingerprint density at radius 2 is 2.17 bits per heavy atom. The zero-order valence-corrected chi connectivity index (χ0v) is 11.4. The van der Waals surface area contributed by atoms with E-state index < -0.39 is 5.82 Å². The van der Waals surface area contributed by atoms with Crippen LogP contribution in [0.5, 0.6) is 0 Å². The fourth-order valence-corrected chi connectivity index (χ4v) is 2.11. The number of halogens is 2. The third-order valence-electron chi connectivity index (χ3n) is 2.51. The van der Waals surface area contributed by atoms with E-state index in [0.29, 0.717) is 10.5 Å². The summed E-state index contributed by atoms with van der Waals surface area (Å²) in [6.45, 7) is 2.09. The first-order chi connectivity index (χ1) is 8.60. The van der Waals surface area contributed by atoms with Crippen LogP contribution in [0.2, 0.25) is 5.02 Å². The number of H-pyrrole nitrogens is 1. The molecule has 18 heavy (non-hydrogen) atoms. The number of hydrogen-bond donors (Lipinski definition) is 1. The zero-order chi connectivity index (χ0) is 13.1. The van der Waals surface area contributed by atoms with Gasteiger partial charge in [0.1, 0.15) is 16.3 Å². The van der Waals surface area contributed by atoms with Crippen molar-refractivity contribution in [2.24, 2.45) is 0 Å². The van der Waals surface area contributed by atoms with Gasteiger partial charge in [-0.3, -0.25) is 0 Å². The van der Waals surface area contributed by atoms with E-state index in [2.05, 4.69) is 16.9 Å². The molecule has 1 aromatic carbocycles. The predicted molar refractivity (Wildman–Crippen MR) is 73.8 cm³/mol. The van der Waals surface area contributed by atoms with Crippen LogP contribution in [0.15, 0.2) is 24.3 Å². The maximum atomic E-state index is 13.1. The zero-order valence-electron chi connectivity index (χ0n) is 9.84. The molecule has 0 aliphatic rings. The number of aromatic amines is 1. The van der Waals surface area contributed by atoms with Crippen molar-refractivity contribution in [2.45, 2.75) is 19.8 Å². The van der Waals surface area contributed by atoms with Gasteiger partial charge in [0, 0.05) is 11.3 Å². The third-order valence-corrected chi connectivity index (χ3v) is 3.01. The second-order valence-corrected chi connectivity index (χ2v) is 4.80. The van der Waals surface area contributed by atoms with E-state index in [0.717, 1.165) is 24.1 Å². The van der Waals surface area contributed by atoms with Crippen molar-refractivity contribution in [1.29, 1.82) is 0 Å². The van der Waals surface area contributed by atoms with E-state index in [4.69, 9.17) is 23.8 Å². The number of aromatic nitrogens is 2. The molecule has 1 N–H and O–H groups in total. The van der Waals surface area contributed by atoms with Crippen LogP contribution in [-0.4, -0.2) is 9.97 Å². The lowest BCUT2D eigenvalue weighted by Gasteiger charge is -2.06. The Morgan fingerprint density at radius 3 is 2.83 bits per heavy atom. The SMILES string of the molecule is CCCc1cc(=S)nc(-c2ccc(F)c(Cl)c2)[nH]1. The summed E-state index contributed by atoms with van der Waals surface area (Å²) in [6.07, 6.45) is 1.91. The van der Waals surface area contributed by atoms with E-state index in [9.17, 15) is 4.39 Å². The largest absolute Gasteiger partial charge is 0.343 e. The van der Waals surface area contributed by atoms with E-state index in [-0.39, 0.29) is 5.02 Å². The molecule has 2 rings (SSSR count). The van der Waals surface area contributed by atoms with Gasteiger partial charge in [0.25, 0.3) is 0 Å². The first kappa shape index (κ1) is 13.2. The highest BCUT2D eigenvalue weighted by molar-refractivity contribution is 7.71. The predicted octanol–water partition coefficient (Wildman–Crippen LogP) is 4.55. The molecule has 0 aliphatic carbocycles. The van der Waals surface area contributed by atoms with Crippen LogP contribution in [0.3, 0.4) is 0 Å². The third kappa shape index (κ3) is 2.94. The summed E-state index contributed by atoms with van der Waals surface area (Å²) in [6, 6.07) is 6.33. The van der Waals surface area contributed by atoms with E-state index in [1.54, 1.807) is 12.1 Å². The first-order valence-electron chi connectivity index (χ1n) is 5.66. The molecule has 0 saturated heterocycles. The summed E-state index contributed by atoms with van der Waals surface area (Å²) < 4.78 is 13.6. The molecule has 1 aromatic heterocycles. The maximum Gasteiger partial charge on any atom is 0.141 e. The van der Waals surface area contributed by atoms with Gasteiger partial charge in [-0.05, 0) is 30.7 Å². The van der Waals surface area contributed by atoms with Crippen LogP contribution < -0.4 is 0 Å². The molecule has 0 fully saturated rings. The van der Waals surface area contributed by atoms with Crippen molar-refractivity contribution in [1.82, 2.24) is 9.97 Å². The van der Waals surface area contributed by atoms with Gasteiger partial charge in [-0.2, -0.15) is 0 Å². The van der Waals surface area contributed by atoms with Crippen LogP contribution in [0.4, 0.5) is 4.39 Å². The molecule has 94 valence electrons. The minimum absolute atomic E-state index is 0.0783. The smallest absolute Gasteiger partial charge is 0.141 e. The molecule has 0 bridgehead atoms. The summed E-state index contributed by atoms with van der Waals surface area (Å²) in [7, 11) is 0. The molecule has 2 aromatic rings. The van der Waals surface area contributed by atoms with Gasteiger partial charge in [0.05, 0.1) is 5.02 Å². The number of rotatable bonds is 3. The number of nitrogens with one attached hydrogen (secondary N) is 1. The fraction of sp³-hybridized carbons (Fsp3) is 0.231. The molecule has 0 amide bonds. The van der Waals surface area contributed by atoms with Crippen molar-refractivity contribution in [3.8, 4) is 11.4 Å². The molecular weight excluding hydrogens is 271 g/mol.